The summed E-state index contributed by atoms with van der Waals surface area (Å²) in [5, 5.41) is 7.99. The second kappa shape index (κ2) is 8.04. The molecule has 2 heterocycles. The highest BCUT2D eigenvalue weighted by Gasteiger charge is 2.37. The summed E-state index contributed by atoms with van der Waals surface area (Å²) < 4.78 is 11.8. The molecule has 0 N–H and O–H groups in total. The molecule has 7 heteroatoms. The number of amides is 1. The standard InChI is InChI=1S/C23H17N3O3S/c27-20-15-30-22(17-10-7-13-19(14-17)28-18-11-5-2-6-12-18)26(20)23-25-24-21(29-23)16-8-3-1-4-9-16/h1-14,22H,15H2/t22-/m0/s1. The number of nitrogens with zero attached hydrogens (tertiary/aromatic N) is 3. The highest BCUT2D eigenvalue weighted by Crippen LogP contribution is 2.42. The van der Waals surface area contributed by atoms with Gasteiger partial charge in [0.25, 0.3) is 0 Å². The largest absolute Gasteiger partial charge is 0.457 e. The molecule has 1 atom stereocenters. The van der Waals surface area contributed by atoms with Crippen molar-refractivity contribution in [2.45, 2.75) is 5.37 Å². The predicted octanol–water partition coefficient (Wildman–Crippen LogP) is 5.31. The molecule has 0 saturated carbocycles. The number of benzene rings is 3. The minimum Gasteiger partial charge on any atom is -0.457 e. The summed E-state index contributed by atoms with van der Waals surface area (Å²) in [4.78, 5) is 14.2. The third-order valence-electron chi connectivity index (χ3n) is 4.63. The van der Waals surface area contributed by atoms with E-state index in [1.165, 1.54) is 11.8 Å². The first kappa shape index (κ1) is 18.4. The van der Waals surface area contributed by atoms with Crippen LogP contribution >= 0.6 is 11.8 Å². The van der Waals surface area contributed by atoms with Gasteiger partial charge in [0.15, 0.2) is 0 Å². The Kier molecular flexibility index (Phi) is 4.94. The molecule has 0 spiro atoms. The number of rotatable bonds is 5. The summed E-state index contributed by atoms with van der Waals surface area (Å²) in [7, 11) is 0. The van der Waals surface area contributed by atoms with Gasteiger partial charge in [-0.25, -0.2) is 4.90 Å². The molecule has 1 saturated heterocycles. The van der Waals surface area contributed by atoms with Gasteiger partial charge in [0.05, 0.1) is 5.75 Å². The Morgan fingerprint density at radius 3 is 2.43 bits per heavy atom. The van der Waals surface area contributed by atoms with Crippen molar-refractivity contribution in [3.8, 4) is 23.0 Å². The summed E-state index contributed by atoms with van der Waals surface area (Å²) in [6.45, 7) is 0. The van der Waals surface area contributed by atoms with Crippen LogP contribution in [0.1, 0.15) is 10.9 Å². The van der Waals surface area contributed by atoms with Crippen molar-refractivity contribution in [2.24, 2.45) is 0 Å². The number of carbonyl (C=O) groups excluding carboxylic acids is 1. The van der Waals surface area contributed by atoms with Gasteiger partial charge in [-0.05, 0) is 42.0 Å². The predicted molar refractivity (Wildman–Crippen MR) is 115 cm³/mol. The van der Waals surface area contributed by atoms with Crippen molar-refractivity contribution in [3.63, 3.8) is 0 Å². The Hall–Kier alpha value is -3.58. The zero-order chi connectivity index (χ0) is 20.3. The topological polar surface area (TPSA) is 68.5 Å². The number of hydrogen-bond acceptors (Lipinski definition) is 6. The number of hydrogen-bond donors (Lipinski definition) is 0. The Morgan fingerprint density at radius 2 is 1.63 bits per heavy atom. The molecule has 1 aliphatic rings. The molecule has 4 aromatic rings. The van der Waals surface area contributed by atoms with Gasteiger partial charge in [-0.3, -0.25) is 4.79 Å². The average molecular weight is 415 g/mol. The summed E-state index contributed by atoms with van der Waals surface area (Å²) >= 11 is 1.52. The van der Waals surface area contributed by atoms with Gasteiger partial charge in [-0.15, -0.1) is 16.9 Å². The number of aromatic nitrogens is 2. The van der Waals surface area contributed by atoms with Crippen molar-refractivity contribution >= 4 is 23.7 Å². The lowest BCUT2D eigenvalue weighted by Crippen LogP contribution is -2.28. The lowest BCUT2D eigenvalue weighted by Gasteiger charge is -2.20. The first-order valence-electron chi connectivity index (χ1n) is 9.43. The lowest BCUT2D eigenvalue weighted by molar-refractivity contribution is -0.116. The van der Waals surface area contributed by atoms with Crippen LogP contribution in [0.5, 0.6) is 11.5 Å². The molecule has 1 amide bonds. The van der Waals surface area contributed by atoms with Gasteiger partial charge in [0.2, 0.25) is 11.8 Å². The van der Waals surface area contributed by atoms with E-state index in [9.17, 15) is 4.79 Å². The third kappa shape index (κ3) is 3.67. The maximum atomic E-state index is 12.6. The Balaban J connectivity index is 1.43. The fourth-order valence-electron chi connectivity index (χ4n) is 3.24. The van der Waals surface area contributed by atoms with E-state index in [0.29, 0.717) is 17.4 Å². The Morgan fingerprint density at radius 1 is 0.900 bits per heavy atom. The Labute approximate surface area is 177 Å². The number of anilines is 1. The minimum absolute atomic E-state index is 0.0670. The molecule has 0 aliphatic carbocycles. The maximum Gasteiger partial charge on any atom is 0.326 e. The molecule has 0 radical (unpaired) electrons. The van der Waals surface area contributed by atoms with Gasteiger partial charge in [-0.1, -0.05) is 53.6 Å². The van der Waals surface area contributed by atoms with Crippen LogP contribution in [0, 0.1) is 0 Å². The Bertz CT molecular complexity index is 1160. The van der Waals surface area contributed by atoms with Crippen molar-refractivity contribution in [1.29, 1.82) is 0 Å². The van der Waals surface area contributed by atoms with Crippen molar-refractivity contribution in [2.75, 3.05) is 10.7 Å². The van der Waals surface area contributed by atoms with Crippen molar-refractivity contribution < 1.29 is 13.9 Å². The smallest absolute Gasteiger partial charge is 0.326 e. The summed E-state index contributed by atoms with van der Waals surface area (Å²) in [5.74, 6) is 2.12. The molecule has 30 heavy (non-hydrogen) atoms. The number of carbonyl (C=O) groups is 1. The maximum absolute atomic E-state index is 12.6. The molecule has 3 aromatic carbocycles. The van der Waals surface area contributed by atoms with E-state index >= 15 is 0 Å². The van der Waals surface area contributed by atoms with Crippen LogP contribution in [-0.4, -0.2) is 21.9 Å². The molecule has 148 valence electrons. The van der Waals surface area contributed by atoms with Crippen LogP contribution in [0.15, 0.2) is 89.3 Å². The van der Waals surface area contributed by atoms with Gasteiger partial charge >= 0.3 is 6.01 Å². The first-order valence-corrected chi connectivity index (χ1v) is 10.5. The van der Waals surface area contributed by atoms with E-state index in [0.717, 1.165) is 16.9 Å². The van der Waals surface area contributed by atoms with E-state index in [-0.39, 0.29) is 17.3 Å². The van der Waals surface area contributed by atoms with E-state index in [2.05, 4.69) is 10.2 Å². The zero-order valence-electron chi connectivity index (χ0n) is 15.8. The zero-order valence-corrected chi connectivity index (χ0v) is 16.7. The third-order valence-corrected chi connectivity index (χ3v) is 5.84. The summed E-state index contributed by atoms with van der Waals surface area (Å²) in [6, 6.07) is 27.0. The van der Waals surface area contributed by atoms with E-state index in [4.69, 9.17) is 9.15 Å². The van der Waals surface area contributed by atoms with Gasteiger partial charge in [-0.2, -0.15) is 0 Å². The molecule has 1 aliphatic heterocycles. The fourth-order valence-corrected chi connectivity index (χ4v) is 4.38. The van der Waals surface area contributed by atoms with Gasteiger partial charge in [0.1, 0.15) is 16.9 Å². The van der Waals surface area contributed by atoms with Crippen LogP contribution < -0.4 is 9.64 Å². The van der Waals surface area contributed by atoms with Crippen molar-refractivity contribution in [3.05, 3.63) is 90.5 Å². The second-order valence-corrected chi connectivity index (χ2v) is 7.74. The van der Waals surface area contributed by atoms with Crippen LogP contribution in [-0.2, 0) is 4.79 Å². The molecule has 1 aromatic heterocycles. The van der Waals surface area contributed by atoms with Crippen LogP contribution in [0.3, 0.4) is 0 Å². The van der Waals surface area contributed by atoms with Crippen molar-refractivity contribution in [1.82, 2.24) is 10.2 Å². The number of ether oxygens (including phenoxy) is 1. The molecule has 0 unspecified atom stereocenters. The minimum atomic E-state index is -0.263. The highest BCUT2D eigenvalue weighted by atomic mass is 32.2. The molecule has 6 nitrogen and oxygen atoms in total. The molecular formula is C23H17N3O3S. The van der Waals surface area contributed by atoms with E-state index < -0.39 is 0 Å². The molecular weight excluding hydrogens is 398 g/mol. The fraction of sp³-hybridized carbons (Fsp3) is 0.0870. The quantitative estimate of drug-likeness (QED) is 0.440. The van der Waals surface area contributed by atoms with Crippen LogP contribution in [0.4, 0.5) is 6.01 Å². The lowest BCUT2D eigenvalue weighted by atomic mass is 10.2. The number of para-hydroxylation sites is 1. The first-order chi connectivity index (χ1) is 14.8. The molecule has 1 fully saturated rings. The molecule has 0 bridgehead atoms. The van der Waals surface area contributed by atoms with Crippen LogP contribution in [0.2, 0.25) is 0 Å². The van der Waals surface area contributed by atoms with E-state index in [1.54, 1.807) is 4.90 Å². The van der Waals surface area contributed by atoms with Gasteiger partial charge in [0, 0.05) is 5.56 Å². The van der Waals surface area contributed by atoms with E-state index in [1.807, 2.05) is 84.9 Å². The average Bonchev–Trinajstić information content (AvgIpc) is 3.42. The normalized spacial score (nSPS) is 16.1. The monoisotopic (exact) mass is 415 g/mol. The number of thioether (sulfide) groups is 1. The van der Waals surface area contributed by atoms with Crippen LogP contribution in [0.25, 0.3) is 11.5 Å². The summed E-state index contributed by atoms with van der Waals surface area (Å²) in [5.41, 5.74) is 1.74. The second-order valence-electron chi connectivity index (χ2n) is 6.67. The SMILES string of the molecule is O=C1CS[C@@H](c2cccc(Oc3ccccc3)c2)N1c1nnc(-c2ccccc2)o1. The summed E-state index contributed by atoms with van der Waals surface area (Å²) in [6.07, 6.45) is 0. The van der Waals surface area contributed by atoms with Gasteiger partial charge < -0.3 is 9.15 Å². The molecule has 5 rings (SSSR count). The highest BCUT2D eigenvalue weighted by molar-refractivity contribution is 8.00.